The highest BCUT2D eigenvalue weighted by molar-refractivity contribution is 5.99. The molecule has 0 radical (unpaired) electrons. The Morgan fingerprint density at radius 3 is 2.67 bits per heavy atom. The number of hydrogen-bond donors (Lipinski definition) is 2. The topological polar surface area (TPSA) is 65.5 Å². The van der Waals surface area contributed by atoms with Crippen LogP contribution >= 0.6 is 0 Å². The summed E-state index contributed by atoms with van der Waals surface area (Å²) in [5.74, 6) is -0.161. The summed E-state index contributed by atoms with van der Waals surface area (Å²) in [6.07, 6.45) is -3.54. The minimum absolute atomic E-state index is 0.170. The van der Waals surface area contributed by atoms with E-state index < -0.39 is 17.8 Å². The van der Waals surface area contributed by atoms with Crippen molar-refractivity contribution in [1.29, 1.82) is 0 Å². The maximum atomic E-state index is 12.8. The zero-order chi connectivity index (χ0) is 17.3. The number of halogens is 3. The molecule has 2 aromatic rings. The summed E-state index contributed by atoms with van der Waals surface area (Å²) in [5, 5.41) is 12.1. The molecular formula is C16H14F3N3O2. The predicted octanol–water partition coefficient (Wildman–Crippen LogP) is 2.66. The van der Waals surface area contributed by atoms with Crippen molar-refractivity contribution in [3.63, 3.8) is 0 Å². The van der Waals surface area contributed by atoms with E-state index in [1.165, 1.54) is 29.3 Å². The Morgan fingerprint density at radius 1 is 1.25 bits per heavy atom. The van der Waals surface area contributed by atoms with Crippen LogP contribution in [0.25, 0.3) is 0 Å². The lowest BCUT2D eigenvalue weighted by Gasteiger charge is -2.36. The Balaban J connectivity index is 1.85. The number of carbonyl (C=O) groups excluding carboxylic acids is 1. The van der Waals surface area contributed by atoms with E-state index in [1.54, 1.807) is 6.07 Å². The number of alkyl halides is 3. The second kappa shape index (κ2) is 6.12. The van der Waals surface area contributed by atoms with E-state index in [0.717, 1.165) is 12.1 Å². The van der Waals surface area contributed by atoms with Crippen LogP contribution in [0, 0.1) is 0 Å². The van der Waals surface area contributed by atoms with E-state index in [-0.39, 0.29) is 36.1 Å². The second-order valence-electron chi connectivity index (χ2n) is 5.47. The van der Waals surface area contributed by atoms with Crippen LogP contribution in [0.5, 0.6) is 0 Å². The van der Waals surface area contributed by atoms with Crippen molar-refractivity contribution in [3.8, 4) is 0 Å². The third kappa shape index (κ3) is 3.33. The van der Waals surface area contributed by atoms with E-state index in [9.17, 15) is 23.1 Å². The normalized spacial score (nSPS) is 15.1. The summed E-state index contributed by atoms with van der Waals surface area (Å²) in [6.45, 7) is 0.466. The number of benzene rings is 1. The van der Waals surface area contributed by atoms with E-state index in [2.05, 4.69) is 10.3 Å². The maximum Gasteiger partial charge on any atom is 0.416 e. The van der Waals surface area contributed by atoms with Crippen LogP contribution in [0.3, 0.4) is 0 Å². The summed E-state index contributed by atoms with van der Waals surface area (Å²) >= 11 is 0. The quantitative estimate of drug-likeness (QED) is 0.904. The number of amides is 1. The fourth-order valence-electron chi connectivity index (χ4n) is 2.38. The van der Waals surface area contributed by atoms with Gasteiger partial charge in [-0.15, -0.1) is 0 Å². The van der Waals surface area contributed by atoms with Gasteiger partial charge in [-0.05, 0) is 30.3 Å². The Labute approximate surface area is 135 Å². The maximum absolute atomic E-state index is 12.8. The first-order valence-corrected chi connectivity index (χ1v) is 7.21. The number of aliphatic hydroxyl groups excluding tert-OH is 1. The number of nitrogens with zero attached hydrogens (tertiary/aromatic N) is 2. The van der Waals surface area contributed by atoms with Crippen molar-refractivity contribution < 1.29 is 23.1 Å². The van der Waals surface area contributed by atoms with Crippen molar-refractivity contribution in [2.24, 2.45) is 0 Å². The predicted molar refractivity (Wildman–Crippen MR) is 80.9 cm³/mol. The Bertz CT molecular complexity index is 758. The van der Waals surface area contributed by atoms with Gasteiger partial charge < -0.3 is 15.3 Å². The van der Waals surface area contributed by atoms with Gasteiger partial charge >= 0.3 is 6.18 Å². The van der Waals surface area contributed by atoms with Crippen LogP contribution in [0.4, 0.5) is 24.7 Å². The number of β-amino-alcohol motifs (C(OH)–C–C–N with tert-alkyl or cyclic N) is 1. The van der Waals surface area contributed by atoms with Crippen LogP contribution in [0.1, 0.15) is 15.9 Å². The largest absolute Gasteiger partial charge is 0.416 e. The Hall–Kier alpha value is -2.61. The number of likely N-dealkylation sites (tertiary alicyclic amines) is 1. The Kier molecular flexibility index (Phi) is 4.15. The molecule has 126 valence electrons. The van der Waals surface area contributed by atoms with Gasteiger partial charge in [-0.3, -0.25) is 4.79 Å². The highest BCUT2D eigenvalue weighted by atomic mass is 19.4. The van der Waals surface area contributed by atoms with Crippen molar-refractivity contribution in [2.75, 3.05) is 18.4 Å². The molecule has 2 N–H and O–H groups in total. The fourth-order valence-corrected chi connectivity index (χ4v) is 2.38. The molecule has 1 aliphatic heterocycles. The summed E-state index contributed by atoms with van der Waals surface area (Å²) in [6, 6.07) is 7.77. The molecule has 1 amide bonds. The van der Waals surface area contributed by atoms with E-state index in [0.29, 0.717) is 0 Å². The lowest BCUT2D eigenvalue weighted by atomic mass is 10.1. The number of pyridine rings is 1. The monoisotopic (exact) mass is 337 g/mol. The first-order valence-electron chi connectivity index (χ1n) is 7.21. The molecule has 3 rings (SSSR count). The van der Waals surface area contributed by atoms with Crippen LogP contribution in [0.15, 0.2) is 42.6 Å². The first-order chi connectivity index (χ1) is 11.3. The van der Waals surface area contributed by atoms with Crippen LogP contribution in [0.2, 0.25) is 0 Å². The minimum atomic E-state index is -4.45. The zero-order valence-electron chi connectivity index (χ0n) is 12.4. The molecule has 8 heteroatoms. The standard InChI is InChI=1S/C16H14F3N3O2/c17-16(18,19)10-3-1-4-11(7-10)21-14-13(5-2-6-20-14)15(24)22-8-12(23)9-22/h1-7,12,23H,8-9H2,(H,20,21). The third-order valence-electron chi connectivity index (χ3n) is 3.64. The highest BCUT2D eigenvalue weighted by Crippen LogP contribution is 2.31. The van der Waals surface area contributed by atoms with E-state index in [1.807, 2.05) is 0 Å². The Morgan fingerprint density at radius 2 is 2.00 bits per heavy atom. The number of carbonyl (C=O) groups is 1. The molecule has 0 aliphatic carbocycles. The molecule has 0 saturated carbocycles. The van der Waals surface area contributed by atoms with Gasteiger partial charge in [0.05, 0.1) is 17.2 Å². The minimum Gasteiger partial charge on any atom is -0.389 e. The van der Waals surface area contributed by atoms with Crippen LogP contribution in [-0.4, -0.2) is 40.1 Å². The zero-order valence-corrected chi connectivity index (χ0v) is 12.4. The van der Waals surface area contributed by atoms with E-state index >= 15 is 0 Å². The van der Waals surface area contributed by atoms with Crippen molar-refractivity contribution in [2.45, 2.75) is 12.3 Å². The van der Waals surface area contributed by atoms with Gasteiger partial charge in [-0.2, -0.15) is 13.2 Å². The number of anilines is 2. The molecule has 1 saturated heterocycles. The number of hydrogen-bond acceptors (Lipinski definition) is 4. The summed E-state index contributed by atoms with van der Waals surface area (Å²) < 4.78 is 38.3. The highest BCUT2D eigenvalue weighted by Gasteiger charge is 2.32. The average molecular weight is 337 g/mol. The molecule has 0 spiro atoms. The average Bonchev–Trinajstić information content (AvgIpc) is 2.51. The van der Waals surface area contributed by atoms with Gasteiger partial charge in [-0.1, -0.05) is 6.07 Å². The van der Waals surface area contributed by atoms with Gasteiger partial charge in [0.1, 0.15) is 5.82 Å². The molecule has 1 aliphatic rings. The smallest absolute Gasteiger partial charge is 0.389 e. The molecule has 0 bridgehead atoms. The molecule has 1 fully saturated rings. The van der Waals surface area contributed by atoms with Gasteiger partial charge in [0.25, 0.3) is 5.91 Å². The van der Waals surface area contributed by atoms with Gasteiger partial charge in [0, 0.05) is 25.0 Å². The molecule has 0 atom stereocenters. The molecule has 5 nitrogen and oxygen atoms in total. The lowest BCUT2D eigenvalue weighted by molar-refractivity contribution is -0.137. The second-order valence-corrected chi connectivity index (χ2v) is 5.47. The molecule has 1 aromatic carbocycles. The summed E-state index contributed by atoms with van der Waals surface area (Å²) in [5.41, 5.74) is -0.370. The number of aliphatic hydroxyl groups is 1. The van der Waals surface area contributed by atoms with E-state index in [4.69, 9.17) is 0 Å². The van der Waals surface area contributed by atoms with Crippen molar-refractivity contribution >= 4 is 17.4 Å². The SMILES string of the molecule is O=C(c1cccnc1Nc1cccc(C(F)(F)F)c1)N1CC(O)C1. The van der Waals surface area contributed by atoms with Crippen LogP contribution in [-0.2, 0) is 6.18 Å². The molecule has 24 heavy (non-hydrogen) atoms. The number of aromatic nitrogens is 1. The molecule has 0 unspecified atom stereocenters. The summed E-state index contributed by atoms with van der Waals surface area (Å²) in [7, 11) is 0. The van der Waals surface area contributed by atoms with Gasteiger partial charge in [0.2, 0.25) is 0 Å². The van der Waals surface area contributed by atoms with Crippen molar-refractivity contribution in [3.05, 3.63) is 53.7 Å². The fraction of sp³-hybridized carbons (Fsp3) is 0.250. The first kappa shape index (κ1) is 16.3. The molecule has 2 heterocycles. The summed E-state index contributed by atoms with van der Waals surface area (Å²) in [4.78, 5) is 17.9. The number of nitrogens with one attached hydrogen (secondary N) is 1. The van der Waals surface area contributed by atoms with Crippen molar-refractivity contribution in [1.82, 2.24) is 9.88 Å². The van der Waals surface area contributed by atoms with Gasteiger partial charge in [0.15, 0.2) is 0 Å². The van der Waals surface area contributed by atoms with Gasteiger partial charge in [-0.25, -0.2) is 4.98 Å². The number of rotatable bonds is 3. The third-order valence-corrected chi connectivity index (χ3v) is 3.64. The van der Waals surface area contributed by atoms with Crippen LogP contribution < -0.4 is 5.32 Å². The molecule has 1 aromatic heterocycles. The lowest BCUT2D eigenvalue weighted by Crippen LogP contribution is -2.53. The molecular weight excluding hydrogens is 323 g/mol.